The maximum absolute atomic E-state index is 8.74. The summed E-state index contributed by atoms with van der Waals surface area (Å²) in [5.41, 5.74) is 0. The molecule has 0 aliphatic rings. The quantitative estimate of drug-likeness (QED) is 0.162. The fraction of sp³-hybridized carbons (Fsp3) is 1.00. The average molecular weight is 229 g/mol. The monoisotopic (exact) mass is 229 g/mol. The molecule has 10 heteroatoms. The normalized spacial score (nSPS) is 12.5. The predicted octanol–water partition coefficient (Wildman–Crippen LogP) is -3.47. The van der Waals surface area contributed by atoms with E-state index in [0.717, 1.165) is 0 Å². The summed E-state index contributed by atoms with van der Waals surface area (Å²) in [6.45, 7) is 0. The number of hydrogen-bond donors (Lipinski definition) is 6. The maximum atomic E-state index is 8.74. The molecular weight excluding hydrogens is 217 g/mol. The Bertz CT molecular complexity index is 184. The van der Waals surface area contributed by atoms with Gasteiger partial charge in [-0.15, -0.1) is 0 Å². The van der Waals surface area contributed by atoms with Gasteiger partial charge in [-0.1, -0.05) is 0 Å². The molecule has 0 aromatic carbocycles. The third kappa shape index (κ3) is 32.4. The molecule has 0 saturated carbocycles. The van der Waals surface area contributed by atoms with E-state index in [1.54, 1.807) is 0 Å². The van der Waals surface area contributed by atoms with Crippen LogP contribution in [0.3, 0.4) is 0 Å². The molecule has 0 radical (unpaired) electrons. The van der Waals surface area contributed by atoms with Crippen molar-refractivity contribution in [1.82, 2.24) is 5.32 Å². The van der Waals surface area contributed by atoms with Crippen molar-refractivity contribution in [2.45, 2.75) is 12.5 Å². The Morgan fingerprint density at radius 2 is 1.38 bits per heavy atom. The van der Waals surface area contributed by atoms with E-state index in [1.165, 1.54) is 7.05 Å². The van der Waals surface area contributed by atoms with Crippen LogP contribution >= 0.6 is 0 Å². The van der Waals surface area contributed by atoms with Gasteiger partial charge in [0, 0.05) is 0 Å². The van der Waals surface area contributed by atoms with E-state index < -0.39 is 22.9 Å². The van der Waals surface area contributed by atoms with Gasteiger partial charge in [-0.25, -0.2) is 0 Å². The predicted molar refractivity (Wildman–Crippen MR) is 44.6 cm³/mol. The van der Waals surface area contributed by atoms with Crippen molar-refractivity contribution in [2.75, 3.05) is 7.05 Å². The van der Waals surface area contributed by atoms with E-state index in [4.69, 9.17) is 32.8 Å². The molecular formula is C3H12NNaO7S. The van der Waals surface area contributed by atoms with E-state index >= 15 is 0 Å². The van der Waals surface area contributed by atoms with Crippen molar-refractivity contribution >= 4 is 40.0 Å². The summed E-state index contributed by atoms with van der Waals surface area (Å²) in [6.07, 6.45) is -2.93. The molecule has 0 aromatic rings. The third-order valence-electron chi connectivity index (χ3n) is 0.578. The van der Waals surface area contributed by atoms with E-state index in [1.807, 2.05) is 0 Å². The third-order valence-corrected chi connectivity index (χ3v) is 0.578. The van der Waals surface area contributed by atoms with Crippen LogP contribution in [0.4, 0.5) is 0 Å². The summed E-state index contributed by atoms with van der Waals surface area (Å²) in [5.74, 6) is 0. The molecule has 0 saturated heterocycles. The van der Waals surface area contributed by atoms with Gasteiger partial charge in [0.2, 0.25) is 0 Å². The molecule has 1 unspecified atom stereocenters. The van der Waals surface area contributed by atoms with E-state index in [9.17, 15) is 0 Å². The second kappa shape index (κ2) is 9.27. The Balaban J connectivity index is -0.000000150. The summed E-state index contributed by atoms with van der Waals surface area (Å²) >= 11 is 0. The van der Waals surface area contributed by atoms with Gasteiger partial charge in [0.15, 0.2) is 12.5 Å². The SMILES string of the molecule is CNC(O)C(O)O.O=S(=O)(O)O.[NaH]. The van der Waals surface area contributed by atoms with Crippen LogP contribution in [0, 0.1) is 0 Å². The van der Waals surface area contributed by atoms with Gasteiger partial charge >= 0.3 is 40.0 Å². The first-order chi connectivity index (χ1) is 5.18. The van der Waals surface area contributed by atoms with Crippen LogP contribution in [0.5, 0.6) is 0 Å². The molecule has 0 heterocycles. The van der Waals surface area contributed by atoms with Gasteiger partial charge in [-0.05, 0) is 7.05 Å². The van der Waals surface area contributed by atoms with E-state index in [2.05, 4.69) is 5.32 Å². The Kier molecular flexibility index (Phi) is 13.8. The molecule has 0 aliphatic carbocycles. The van der Waals surface area contributed by atoms with Crippen molar-refractivity contribution in [2.24, 2.45) is 0 Å². The van der Waals surface area contributed by atoms with Crippen LogP contribution in [0.15, 0.2) is 0 Å². The molecule has 0 aliphatic heterocycles. The molecule has 0 spiro atoms. The van der Waals surface area contributed by atoms with Crippen LogP contribution in [0.1, 0.15) is 0 Å². The van der Waals surface area contributed by atoms with Gasteiger partial charge in [0.05, 0.1) is 0 Å². The standard InChI is InChI=1S/C3H9NO3.Na.H2O4S.H/c1-4-2(5)3(6)7;;1-5(2,3)4;/h2-7H,1H3;;(H2,1,2,3,4);. The van der Waals surface area contributed by atoms with Crippen molar-refractivity contribution < 1.29 is 32.8 Å². The molecule has 78 valence electrons. The number of aliphatic hydroxyl groups is 3. The van der Waals surface area contributed by atoms with Gasteiger partial charge in [0.25, 0.3) is 0 Å². The first kappa shape index (κ1) is 19.3. The molecule has 0 rings (SSSR count). The van der Waals surface area contributed by atoms with Crippen LogP contribution in [0.2, 0.25) is 0 Å². The fourth-order valence-electron chi connectivity index (χ4n) is 0.149. The molecule has 0 aromatic heterocycles. The number of rotatable bonds is 2. The molecule has 13 heavy (non-hydrogen) atoms. The Morgan fingerprint density at radius 3 is 1.38 bits per heavy atom. The molecule has 8 nitrogen and oxygen atoms in total. The second-order valence-corrected chi connectivity index (χ2v) is 2.49. The number of hydrogen-bond acceptors (Lipinski definition) is 6. The van der Waals surface area contributed by atoms with Crippen LogP contribution in [-0.4, -0.2) is 82.0 Å². The van der Waals surface area contributed by atoms with Gasteiger partial charge in [-0.3, -0.25) is 14.4 Å². The Hall–Kier alpha value is 0.710. The summed E-state index contributed by atoms with van der Waals surface area (Å²) in [7, 11) is -3.25. The van der Waals surface area contributed by atoms with Crippen LogP contribution in [-0.2, 0) is 10.4 Å². The van der Waals surface area contributed by atoms with Crippen LogP contribution < -0.4 is 5.32 Å². The minimum absolute atomic E-state index is 0. The zero-order chi connectivity index (χ0) is 10.4. The first-order valence-corrected chi connectivity index (χ1v) is 3.99. The average Bonchev–Trinajstić information content (AvgIpc) is 1.82. The summed E-state index contributed by atoms with van der Waals surface area (Å²) in [4.78, 5) is 0. The van der Waals surface area contributed by atoms with Crippen LogP contribution in [0.25, 0.3) is 0 Å². The second-order valence-electron chi connectivity index (χ2n) is 1.59. The zero-order valence-corrected chi connectivity index (χ0v) is 6.93. The minimum atomic E-state index is -4.67. The van der Waals surface area contributed by atoms with Crippen molar-refractivity contribution in [1.29, 1.82) is 0 Å². The number of aliphatic hydroxyl groups excluding tert-OH is 2. The van der Waals surface area contributed by atoms with Crippen molar-refractivity contribution in [3.05, 3.63) is 0 Å². The summed E-state index contributed by atoms with van der Waals surface area (Å²) in [6, 6.07) is 0. The number of nitrogens with one attached hydrogen (secondary N) is 1. The molecule has 0 bridgehead atoms. The Labute approximate surface area is 97.5 Å². The zero-order valence-electron chi connectivity index (χ0n) is 6.12. The first-order valence-electron chi connectivity index (χ1n) is 2.60. The molecule has 0 amide bonds. The topological polar surface area (TPSA) is 147 Å². The van der Waals surface area contributed by atoms with Gasteiger partial charge < -0.3 is 15.3 Å². The van der Waals surface area contributed by atoms with E-state index in [-0.39, 0.29) is 29.6 Å². The van der Waals surface area contributed by atoms with Gasteiger partial charge in [-0.2, -0.15) is 8.42 Å². The van der Waals surface area contributed by atoms with Crippen molar-refractivity contribution in [3.8, 4) is 0 Å². The summed E-state index contributed by atoms with van der Waals surface area (Å²) in [5, 5.41) is 26.7. The van der Waals surface area contributed by atoms with E-state index in [0.29, 0.717) is 0 Å². The summed E-state index contributed by atoms with van der Waals surface area (Å²) < 4.78 is 31.6. The Morgan fingerprint density at radius 1 is 1.15 bits per heavy atom. The number of likely N-dealkylation sites (N-methyl/N-ethyl adjacent to an activating group) is 1. The van der Waals surface area contributed by atoms with Crippen molar-refractivity contribution in [3.63, 3.8) is 0 Å². The van der Waals surface area contributed by atoms with Gasteiger partial charge in [0.1, 0.15) is 0 Å². The molecule has 0 fully saturated rings. The molecule has 1 atom stereocenters. The molecule has 6 N–H and O–H groups in total. The fourth-order valence-corrected chi connectivity index (χ4v) is 0.149.